The van der Waals surface area contributed by atoms with Crippen molar-refractivity contribution in [3.8, 4) is 34.5 Å². The van der Waals surface area contributed by atoms with E-state index in [0.29, 0.717) is 41.1 Å². The van der Waals surface area contributed by atoms with Gasteiger partial charge >= 0.3 is 0 Å². The molecule has 2 aromatic heterocycles. The van der Waals surface area contributed by atoms with Crippen molar-refractivity contribution >= 4 is 11.6 Å². The Bertz CT molecular complexity index is 1290. The van der Waals surface area contributed by atoms with E-state index in [0.717, 1.165) is 11.1 Å². The monoisotopic (exact) mass is 463 g/mol. The van der Waals surface area contributed by atoms with Crippen LogP contribution in [0.2, 0.25) is 0 Å². The maximum Gasteiger partial charge on any atom is 0.258 e. The van der Waals surface area contributed by atoms with Gasteiger partial charge in [-0.1, -0.05) is 12.1 Å². The van der Waals surface area contributed by atoms with E-state index in [2.05, 4.69) is 20.6 Å². The average Bonchev–Trinajstić information content (AvgIpc) is 3.28. The van der Waals surface area contributed by atoms with Crippen LogP contribution in [0.15, 0.2) is 54.6 Å². The Morgan fingerprint density at radius 1 is 0.971 bits per heavy atom. The molecule has 0 aliphatic carbocycles. The van der Waals surface area contributed by atoms with Gasteiger partial charge in [-0.25, -0.2) is 0 Å². The highest BCUT2D eigenvalue weighted by atomic mass is 16.5. The molecular weight excluding hydrogens is 438 g/mol. The Balaban J connectivity index is 1.34. The molecule has 0 atom stereocenters. The Hall–Kier alpha value is -4.34. The maximum atomic E-state index is 12.0. The molecule has 34 heavy (non-hydrogen) atoms. The summed E-state index contributed by atoms with van der Waals surface area (Å²) in [6.07, 6.45) is 0. The molecule has 4 aromatic rings. The molecule has 176 valence electrons. The summed E-state index contributed by atoms with van der Waals surface area (Å²) in [5, 5.41) is 15.6. The SMILES string of the molecule is COc1ccc(-c2nnc3ccc(OCCNC(=O)COc4cccc(C)c4)nn23)cc1OC. The summed E-state index contributed by atoms with van der Waals surface area (Å²) in [5.74, 6) is 2.52. The first-order chi connectivity index (χ1) is 16.6. The molecule has 10 nitrogen and oxygen atoms in total. The van der Waals surface area contributed by atoms with Crippen LogP contribution in [0.4, 0.5) is 0 Å². The van der Waals surface area contributed by atoms with Crippen LogP contribution in [0.25, 0.3) is 17.0 Å². The quantitative estimate of drug-likeness (QED) is 0.358. The maximum absolute atomic E-state index is 12.0. The molecule has 0 bridgehead atoms. The summed E-state index contributed by atoms with van der Waals surface area (Å²) in [5.41, 5.74) is 2.40. The number of methoxy groups -OCH3 is 2. The first-order valence-electron chi connectivity index (χ1n) is 10.6. The van der Waals surface area contributed by atoms with E-state index in [1.54, 1.807) is 43.0 Å². The highest BCUT2D eigenvalue weighted by Gasteiger charge is 2.13. The van der Waals surface area contributed by atoms with E-state index in [-0.39, 0.29) is 19.1 Å². The molecule has 2 heterocycles. The number of nitrogens with zero attached hydrogens (tertiary/aromatic N) is 4. The van der Waals surface area contributed by atoms with Gasteiger partial charge in [0.1, 0.15) is 12.4 Å². The van der Waals surface area contributed by atoms with Gasteiger partial charge in [0, 0.05) is 11.6 Å². The minimum atomic E-state index is -0.233. The summed E-state index contributed by atoms with van der Waals surface area (Å²) in [6, 6.07) is 16.4. The Labute approximate surface area is 196 Å². The van der Waals surface area contributed by atoms with Crippen molar-refractivity contribution in [2.75, 3.05) is 34.0 Å². The summed E-state index contributed by atoms with van der Waals surface area (Å²) >= 11 is 0. The summed E-state index contributed by atoms with van der Waals surface area (Å²) in [4.78, 5) is 12.0. The number of rotatable bonds is 10. The number of benzene rings is 2. The van der Waals surface area contributed by atoms with E-state index in [1.165, 1.54) is 0 Å². The second-order valence-electron chi connectivity index (χ2n) is 7.34. The lowest BCUT2D eigenvalue weighted by atomic mass is 10.2. The van der Waals surface area contributed by atoms with Crippen molar-refractivity contribution in [2.45, 2.75) is 6.92 Å². The fourth-order valence-corrected chi connectivity index (χ4v) is 3.26. The fourth-order valence-electron chi connectivity index (χ4n) is 3.26. The van der Waals surface area contributed by atoms with Gasteiger partial charge in [-0.15, -0.1) is 15.3 Å². The van der Waals surface area contributed by atoms with Gasteiger partial charge in [0.05, 0.1) is 20.8 Å². The summed E-state index contributed by atoms with van der Waals surface area (Å²) in [6.45, 7) is 2.44. The van der Waals surface area contributed by atoms with Gasteiger partial charge in [0.25, 0.3) is 5.91 Å². The lowest BCUT2D eigenvalue weighted by Gasteiger charge is -2.10. The van der Waals surface area contributed by atoms with Crippen LogP contribution in [0, 0.1) is 6.92 Å². The predicted octanol–water partition coefficient (Wildman–Crippen LogP) is 2.69. The predicted molar refractivity (Wildman–Crippen MR) is 125 cm³/mol. The van der Waals surface area contributed by atoms with Crippen molar-refractivity contribution in [1.29, 1.82) is 0 Å². The van der Waals surface area contributed by atoms with Crippen LogP contribution in [0.5, 0.6) is 23.1 Å². The van der Waals surface area contributed by atoms with Crippen LogP contribution >= 0.6 is 0 Å². The average molecular weight is 463 g/mol. The zero-order valence-corrected chi connectivity index (χ0v) is 19.1. The van der Waals surface area contributed by atoms with Gasteiger partial charge in [0.15, 0.2) is 29.6 Å². The van der Waals surface area contributed by atoms with Crippen LogP contribution in [0.3, 0.4) is 0 Å². The highest BCUT2D eigenvalue weighted by Crippen LogP contribution is 2.31. The van der Waals surface area contributed by atoms with Crippen molar-refractivity contribution in [3.05, 3.63) is 60.2 Å². The standard InChI is InChI=1S/C24H25N5O5/c1-16-5-4-6-18(13-16)34-15-22(30)25-11-12-33-23-10-9-21-26-27-24(29(21)28-23)17-7-8-19(31-2)20(14-17)32-3/h4-10,13-14H,11-12,15H2,1-3H3,(H,25,30). The molecular formula is C24H25N5O5. The molecule has 0 radical (unpaired) electrons. The molecule has 1 N–H and O–H groups in total. The summed E-state index contributed by atoms with van der Waals surface area (Å²) in [7, 11) is 3.15. The van der Waals surface area contributed by atoms with Crippen LogP contribution in [0.1, 0.15) is 5.56 Å². The molecule has 0 spiro atoms. The lowest BCUT2D eigenvalue weighted by Crippen LogP contribution is -2.32. The fraction of sp³-hybridized carbons (Fsp3) is 0.250. The van der Waals surface area contributed by atoms with E-state index in [9.17, 15) is 4.79 Å². The number of aromatic nitrogens is 4. The topological polar surface area (TPSA) is 109 Å². The zero-order chi connectivity index (χ0) is 23.9. The normalized spacial score (nSPS) is 10.7. The van der Waals surface area contributed by atoms with Gasteiger partial charge in [0.2, 0.25) is 5.88 Å². The van der Waals surface area contributed by atoms with Crippen LogP contribution < -0.4 is 24.3 Å². The molecule has 0 saturated heterocycles. The molecule has 0 aliphatic rings. The number of nitrogens with one attached hydrogen (secondary N) is 1. The smallest absolute Gasteiger partial charge is 0.258 e. The second-order valence-corrected chi connectivity index (χ2v) is 7.34. The van der Waals surface area contributed by atoms with E-state index in [1.807, 2.05) is 37.3 Å². The van der Waals surface area contributed by atoms with E-state index >= 15 is 0 Å². The number of hydrogen-bond acceptors (Lipinski definition) is 8. The second kappa shape index (κ2) is 10.5. The number of fused-ring (bicyclic) bond motifs is 1. The highest BCUT2D eigenvalue weighted by molar-refractivity contribution is 5.77. The number of carbonyl (C=O) groups is 1. The van der Waals surface area contributed by atoms with Gasteiger partial charge in [-0.05, 0) is 48.9 Å². The van der Waals surface area contributed by atoms with Gasteiger partial charge in [-0.3, -0.25) is 4.79 Å². The number of hydrogen-bond donors (Lipinski definition) is 1. The van der Waals surface area contributed by atoms with Crippen molar-refractivity contribution in [3.63, 3.8) is 0 Å². The third-order valence-corrected chi connectivity index (χ3v) is 4.91. The van der Waals surface area contributed by atoms with Crippen LogP contribution in [-0.2, 0) is 4.79 Å². The van der Waals surface area contributed by atoms with E-state index in [4.69, 9.17) is 18.9 Å². The molecule has 0 unspecified atom stereocenters. The van der Waals surface area contributed by atoms with Crippen molar-refractivity contribution in [2.24, 2.45) is 0 Å². The zero-order valence-electron chi connectivity index (χ0n) is 19.1. The van der Waals surface area contributed by atoms with Crippen LogP contribution in [-0.4, -0.2) is 59.7 Å². The molecule has 0 saturated carbocycles. The van der Waals surface area contributed by atoms with Gasteiger partial charge < -0.3 is 24.3 Å². The molecule has 2 aromatic carbocycles. The molecule has 1 amide bonds. The Morgan fingerprint density at radius 2 is 1.82 bits per heavy atom. The Morgan fingerprint density at radius 3 is 2.62 bits per heavy atom. The minimum absolute atomic E-state index is 0.0664. The molecule has 4 rings (SSSR count). The lowest BCUT2D eigenvalue weighted by molar-refractivity contribution is -0.123. The van der Waals surface area contributed by atoms with Crippen molar-refractivity contribution in [1.82, 2.24) is 25.1 Å². The molecule has 10 heteroatoms. The molecule has 0 fully saturated rings. The third kappa shape index (κ3) is 5.34. The Kier molecular flexibility index (Phi) is 7.07. The number of ether oxygens (including phenoxy) is 4. The number of aryl methyl sites for hydroxylation is 1. The van der Waals surface area contributed by atoms with Gasteiger partial charge in [-0.2, -0.15) is 4.52 Å². The summed E-state index contributed by atoms with van der Waals surface area (Å²) < 4.78 is 23.4. The minimum Gasteiger partial charge on any atom is -0.493 e. The largest absolute Gasteiger partial charge is 0.493 e. The first kappa shape index (κ1) is 22.8. The third-order valence-electron chi connectivity index (χ3n) is 4.91. The number of amides is 1. The van der Waals surface area contributed by atoms with Crippen molar-refractivity contribution < 1.29 is 23.7 Å². The number of carbonyl (C=O) groups excluding carboxylic acids is 1. The molecule has 0 aliphatic heterocycles. The van der Waals surface area contributed by atoms with E-state index < -0.39 is 0 Å². The first-order valence-corrected chi connectivity index (χ1v) is 10.6.